The number of hydrogen-bond acceptors (Lipinski definition) is 2. The molecule has 0 aliphatic rings. The van der Waals surface area contributed by atoms with E-state index in [1.165, 1.54) is 51.8 Å². The molecule has 0 N–H and O–H groups in total. The van der Waals surface area contributed by atoms with Crippen LogP contribution >= 0.6 is 22.6 Å². The molecule has 0 spiro atoms. The van der Waals surface area contributed by atoms with Gasteiger partial charge in [0.05, 0.1) is 0 Å². The summed E-state index contributed by atoms with van der Waals surface area (Å²) in [6.07, 6.45) is 7.38. The molecule has 0 amide bonds. The number of rotatable bonds is 11. The Hall–Kier alpha value is 0.999. The molecule has 0 saturated heterocycles. The van der Waals surface area contributed by atoms with Crippen LogP contribution in [0.25, 0.3) is 0 Å². The topological polar surface area (TPSA) is 26.3 Å². The molecule has 1 atom stereocenters. The van der Waals surface area contributed by atoms with Gasteiger partial charge in [-0.05, 0) is 0 Å². The summed E-state index contributed by atoms with van der Waals surface area (Å²) in [4.78, 5) is 12.1. The Morgan fingerprint density at radius 3 is 1.63 bits per heavy atom. The van der Waals surface area contributed by atoms with Crippen LogP contribution in [-0.4, -0.2) is 28.7 Å². The van der Waals surface area contributed by atoms with Crippen molar-refractivity contribution in [2.45, 2.75) is 83.5 Å². The van der Waals surface area contributed by atoms with Crippen molar-refractivity contribution >= 4 is 47.4 Å². The fourth-order valence-corrected chi connectivity index (χ4v) is 16.4. The van der Waals surface area contributed by atoms with Crippen LogP contribution in [0.15, 0.2) is 0 Å². The standard InChI is InChI=1S/3C4H9.C3H5IO2.Sn/c3*1-3-4-2;1-2(4)3(5)6;/h3*1,3-4H2,2H3;2H,1H3,(H,5,6);/q;;;;+1/p-1. The predicted octanol–water partition coefficient (Wildman–Crippen LogP) is 5.70. The van der Waals surface area contributed by atoms with E-state index in [2.05, 4.69) is 43.4 Å². The number of halogens is 1. The van der Waals surface area contributed by atoms with Crippen molar-refractivity contribution in [3.63, 3.8) is 0 Å². The van der Waals surface area contributed by atoms with Crippen molar-refractivity contribution in [1.82, 2.24) is 0 Å². The normalized spacial score (nSPS) is 13.3. The third-order valence-electron chi connectivity index (χ3n) is 3.60. The summed E-state index contributed by atoms with van der Waals surface area (Å²) in [6, 6.07) is 0. The fraction of sp³-hybridized carbons (Fsp3) is 0.933. The first-order valence-electron chi connectivity index (χ1n) is 7.88. The molecule has 0 aromatic carbocycles. The molecule has 0 fully saturated rings. The van der Waals surface area contributed by atoms with Gasteiger partial charge in [-0.15, -0.1) is 0 Å². The molecule has 0 rings (SSSR count). The second kappa shape index (κ2) is 11.6. The van der Waals surface area contributed by atoms with Crippen LogP contribution in [0.2, 0.25) is 13.3 Å². The van der Waals surface area contributed by atoms with Gasteiger partial charge in [0.25, 0.3) is 0 Å². The van der Waals surface area contributed by atoms with Gasteiger partial charge in [0, 0.05) is 0 Å². The molecule has 0 saturated carbocycles. The van der Waals surface area contributed by atoms with Gasteiger partial charge in [-0.25, -0.2) is 0 Å². The summed E-state index contributed by atoms with van der Waals surface area (Å²) in [5.74, 6) is 0.0553. The van der Waals surface area contributed by atoms with Gasteiger partial charge in [0.1, 0.15) is 0 Å². The van der Waals surface area contributed by atoms with Gasteiger partial charge >= 0.3 is 139 Å². The molecule has 4 heteroatoms. The third-order valence-corrected chi connectivity index (χ3v) is 16.7. The van der Waals surface area contributed by atoms with Crippen LogP contribution in [-0.2, 0) is 7.87 Å². The van der Waals surface area contributed by atoms with Crippen molar-refractivity contribution in [2.75, 3.05) is 0 Å². The van der Waals surface area contributed by atoms with Crippen LogP contribution in [0.3, 0.4) is 0 Å². The Bertz CT molecular complexity index is 223. The van der Waals surface area contributed by atoms with Crippen molar-refractivity contribution in [3.05, 3.63) is 0 Å². The van der Waals surface area contributed by atoms with E-state index in [0.717, 1.165) is 0 Å². The minimum atomic E-state index is -2.68. The number of carbonyl (C=O) groups is 1. The van der Waals surface area contributed by atoms with Gasteiger partial charge in [0.15, 0.2) is 0 Å². The molecule has 1 unspecified atom stereocenters. The van der Waals surface area contributed by atoms with E-state index in [0.29, 0.717) is 0 Å². The fourth-order valence-electron chi connectivity index (χ4n) is 2.32. The zero-order chi connectivity index (χ0) is 14.7. The monoisotopic (exact) mass is 490 g/mol. The van der Waals surface area contributed by atoms with Crippen molar-refractivity contribution in [1.29, 1.82) is 0 Å². The molecule has 19 heavy (non-hydrogen) atoms. The summed E-state index contributed by atoms with van der Waals surface area (Å²) in [5, 5.41) is 0. The Kier molecular flexibility index (Phi) is 12.2. The first-order chi connectivity index (χ1) is 9.01. The molecule has 0 radical (unpaired) electrons. The molecule has 0 aromatic rings. The summed E-state index contributed by atoms with van der Waals surface area (Å²) >= 11 is -0.499. The maximum atomic E-state index is 12.1. The van der Waals surface area contributed by atoms with Crippen LogP contribution in [0, 0.1) is 0 Å². The first-order valence-corrected chi connectivity index (χ1v) is 16.3. The number of alkyl halides is 1. The van der Waals surface area contributed by atoms with Crippen LogP contribution in [0.1, 0.15) is 66.2 Å². The molecule has 0 aliphatic heterocycles. The van der Waals surface area contributed by atoms with Gasteiger partial charge in [0.2, 0.25) is 0 Å². The van der Waals surface area contributed by atoms with E-state index in [1.54, 1.807) is 0 Å². The molecule has 0 aromatic heterocycles. The Morgan fingerprint density at radius 2 is 1.37 bits per heavy atom. The van der Waals surface area contributed by atoms with Gasteiger partial charge in [-0.3, -0.25) is 0 Å². The second-order valence-corrected chi connectivity index (χ2v) is 19.0. The molecule has 0 aliphatic carbocycles. The average molecular weight is 489 g/mol. The zero-order valence-electron chi connectivity index (χ0n) is 13.1. The second-order valence-electron chi connectivity index (χ2n) is 5.53. The Balaban J connectivity index is 4.80. The Morgan fingerprint density at radius 1 is 1.00 bits per heavy atom. The number of hydrogen-bond donors (Lipinski definition) is 0. The predicted molar refractivity (Wildman–Crippen MR) is 94.5 cm³/mol. The number of carbonyl (C=O) groups excluding carboxylic acids is 1. The molecule has 0 heterocycles. The van der Waals surface area contributed by atoms with E-state index in [-0.39, 0.29) is 9.89 Å². The van der Waals surface area contributed by atoms with E-state index >= 15 is 0 Å². The SMILES string of the molecule is CCC[CH2][Sn]([CH2]CCC)([CH2]CCC)[O]C(=O)C(C)I. The molecule has 0 bridgehead atoms. The van der Waals surface area contributed by atoms with E-state index in [9.17, 15) is 4.79 Å². The zero-order valence-corrected chi connectivity index (χ0v) is 18.1. The summed E-state index contributed by atoms with van der Waals surface area (Å²) in [5.41, 5.74) is 0. The van der Waals surface area contributed by atoms with Crippen LogP contribution < -0.4 is 0 Å². The quantitative estimate of drug-likeness (QED) is 0.212. The van der Waals surface area contributed by atoms with Crippen molar-refractivity contribution in [2.24, 2.45) is 0 Å². The summed E-state index contributed by atoms with van der Waals surface area (Å²) < 4.78 is 9.88. The maximum absolute atomic E-state index is 12.1. The molecular weight excluding hydrogens is 458 g/mol. The van der Waals surface area contributed by atoms with Crippen molar-refractivity contribution < 1.29 is 7.87 Å². The summed E-state index contributed by atoms with van der Waals surface area (Å²) in [6.45, 7) is 8.65. The molecular formula is C15H31IO2Sn. The average Bonchev–Trinajstić information content (AvgIpc) is 2.40. The van der Waals surface area contributed by atoms with Gasteiger partial charge in [-0.1, -0.05) is 0 Å². The molecule has 114 valence electrons. The minimum absolute atomic E-state index is 0.00134. The third kappa shape index (κ3) is 8.78. The molecule has 2 nitrogen and oxygen atoms in total. The van der Waals surface area contributed by atoms with Crippen LogP contribution in [0.4, 0.5) is 0 Å². The Labute approximate surface area is 138 Å². The number of unbranched alkanes of at least 4 members (excludes halogenated alkanes) is 3. The first kappa shape index (κ1) is 20.0. The van der Waals surface area contributed by atoms with Crippen LogP contribution in [0.5, 0.6) is 0 Å². The van der Waals surface area contributed by atoms with E-state index in [1.807, 2.05) is 6.92 Å². The van der Waals surface area contributed by atoms with Gasteiger partial charge in [-0.2, -0.15) is 0 Å². The van der Waals surface area contributed by atoms with Crippen molar-refractivity contribution in [3.8, 4) is 0 Å². The van der Waals surface area contributed by atoms with E-state index < -0.39 is 18.8 Å². The van der Waals surface area contributed by atoms with Gasteiger partial charge < -0.3 is 0 Å². The van der Waals surface area contributed by atoms with E-state index in [4.69, 9.17) is 3.07 Å². The summed E-state index contributed by atoms with van der Waals surface area (Å²) in [7, 11) is 0.